The lowest BCUT2D eigenvalue weighted by atomic mass is 9.91. The third-order valence-electron chi connectivity index (χ3n) is 22.0. The molecule has 4 aliphatic rings. The fourth-order valence-corrected chi connectivity index (χ4v) is 15.0. The number of hydrogen-bond acceptors (Lipinski definition) is 56. The van der Waals surface area contributed by atoms with Crippen molar-refractivity contribution < 1.29 is 282 Å². The summed E-state index contributed by atoms with van der Waals surface area (Å²) in [4.78, 5) is 162. The summed E-state index contributed by atoms with van der Waals surface area (Å²) in [6, 6.07) is 4.60. The second kappa shape index (κ2) is 37.3. The summed E-state index contributed by atoms with van der Waals surface area (Å²) in [5.41, 5.74) is -19.5. The Morgan fingerprint density at radius 3 is 0.884 bits per heavy atom. The standard InChI is InChI=1S/C89H62O57/c90-29-1-19(2-30(91)53(29)104)78(123)141-73-71-46(17-133-83(128)24-11-38(99)58(109)64(115)48(24)49-25(85(130)139-71)12-39(100)59(110)65(49)116)137-88(75(73)143-80(125)21-5-33(94)55(106)34(95)6-21)145-82(127)23-9-37(98)57(108)44(10-23)136-70-28(14-41(102)62(113)69(70)120)87(132)146-89-76(144-81(126)22-7-35(96)56(107)36(97)8-22)74(142-79(124)20-3-31(92)54(105)32(93)4-20)72-47(138-89)18-134-84(129)27-15-45(135-43-16-42(103)61(112)68(119)52(43)77(121)122)63(114)67(118)51(27)50-26(86(131)140-72)13-40(101)60(111)66(50)117/h1-16,46-47,71-76,88-120H,17-18H2,(H,121,122). The number of ether oxygens (including phenoxy) is 14. The van der Waals surface area contributed by atoms with Crippen LogP contribution in [0, 0.1) is 0 Å². The zero-order chi connectivity index (χ0) is 107. The SMILES string of the molecule is O=C(OC1OC2COC(=O)c3cc(O)c(O)c(O)c3-c3c(cc(O)c(O)c3O)C(=O)OC2C(OC(=O)c2cc(O)c(O)c(O)c2)C1OC(=O)c1cc(O)c(O)c(O)c1)c1cc(O)c(O)c(Oc2c(C(=O)OC3OC4COC(=O)c5cc(Oc6cc(O)c(O)c(O)c6C(=O)O)c(O)c(O)c5-c5c(cc(O)c(O)c5O)C(=O)OC4C(OC(=O)c4cc(O)c(O)c(O)c4)C3OC(=O)c3cc(O)c(O)c(O)c3)cc(O)c(O)c2O)c1. The van der Waals surface area contributed by atoms with Gasteiger partial charge in [0.1, 0.15) is 42.3 Å². The minimum absolute atomic E-state index is 0.0585. The van der Waals surface area contributed by atoms with E-state index in [0.29, 0.717) is 54.6 Å². The van der Waals surface area contributed by atoms with Gasteiger partial charge >= 0.3 is 65.7 Å². The number of carbonyl (C=O) groups is 11. The molecule has 11 aromatic rings. The van der Waals surface area contributed by atoms with E-state index in [1.54, 1.807) is 0 Å². The van der Waals surface area contributed by atoms with Gasteiger partial charge in [-0.25, -0.2) is 52.7 Å². The molecule has 11 aromatic carbocycles. The molecule has 146 heavy (non-hydrogen) atoms. The maximum absolute atomic E-state index is 15.6. The molecule has 0 saturated carbocycles. The number of phenolic OH excluding ortho intramolecular Hbond substituents is 30. The van der Waals surface area contributed by atoms with Gasteiger partial charge in [-0.3, -0.25) is 0 Å². The zero-order valence-corrected chi connectivity index (χ0v) is 71.4. The fourth-order valence-electron chi connectivity index (χ4n) is 15.0. The highest BCUT2D eigenvalue weighted by Gasteiger charge is 2.59. The maximum atomic E-state index is 15.6. The molecule has 0 aromatic heterocycles. The van der Waals surface area contributed by atoms with Gasteiger partial charge in [0.2, 0.25) is 70.8 Å². The van der Waals surface area contributed by atoms with Crippen LogP contribution in [0.5, 0.6) is 201 Å². The number of cyclic esters (lactones) is 2. The molecular weight excluding hydrogens is 1980 g/mol. The third kappa shape index (κ3) is 17.7. The first-order chi connectivity index (χ1) is 68.7. The summed E-state index contributed by atoms with van der Waals surface area (Å²) in [6.07, 6.45) is -29.3. The van der Waals surface area contributed by atoms with E-state index in [2.05, 4.69) is 0 Å². The summed E-state index contributed by atoms with van der Waals surface area (Å²) in [5.74, 6) is -75.3. The number of aromatic hydroxyl groups is 31. The van der Waals surface area contributed by atoms with E-state index in [9.17, 15) is 192 Å². The molecule has 4 heterocycles. The highest BCUT2D eigenvalue weighted by atomic mass is 16.8. The fraction of sp³-hybridized carbons (Fsp3) is 0.135. The van der Waals surface area contributed by atoms with Gasteiger partial charge < -0.3 is 230 Å². The van der Waals surface area contributed by atoms with Crippen molar-refractivity contribution in [3.63, 3.8) is 0 Å². The Labute approximate surface area is 801 Å². The molecule has 2 saturated heterocycles. The quantitative estimate of drug-likeness (QED) is 0.0335. The number of rotatable bonds is 17. The molecular formula is C89H62O57. The van der Waals surface area contributed by atoms with Crippen molar-refractivity contribution in [2.45, 2.75) is 61.4 Å². The van der Waals surface area contributed by atoms with Crippen LogP contribution in [0.4, 0.5) is 0 Å². The van der Waals surface area contributed by atoms with Crippen molar-refractivity contribution >= 4 is 65.7 Å². The van der Waals surface area contributed by atoms with Crippen LogP contribution in [-0.2, 0) is 56.8 Å². The van der Waals surface area contributed by atoms with E-state index in [0.717, 1.165) is 0 Å². The van der Waals surface area contributed by atoms with E-state index in [1.807, 2.05) is 0 Å². The molecule has 2 fully saturated rings. The van der Waals surface area contributed by atoms with E-state index >= 15 is 24.0 Å². The maximum Gasteiger partial charge on any atom is 0.344 e. The number of carboxylic acid groups (broad SMARTS) is 1. The highest BCUT2D eigenvalue weighted by molar-refractivity contribution is 6.11. The summed E-state index contributed by atoms with van der Waals surface area (Å²) >= 11 is 0. The topological polar surface area (TPSA) is 964 Å². The number of aromatic carboxylic acids is 1. The van der Waals surface area contributed by atoms with E-state index in [1.165, 1.54) is 0 Å². The molecule has 4 aliphatic heterocycles. The minimum atomic E-state index is -3.21. The molecule has 10 atom stereocenters. The molecule has 15 rings (SSSR count). The van der Waals surface area contributed by atoms with Gasteiger partial charge in [0.05, 0.1) is 50.1 Å². The average Bonchev–Trinajstić information content (AvgIpc) is 1.26. The Balaban J connectivity index is 0.847. The van der Waals surface area contributed by atoms with Crippen molar-refractivity contribution in [1.29, 1.82) is 0 Å². The predicted octanol–water partition coefficient (Wildman–Crippen LogP) is 4.63. The largest absolute Gasteiger partial charge is 0.504 e. The average molecular weight is 2040 g/mol. The van der Waals surface area contributed by atoms with Crippen LogP contribution >= 0.6 is 0 Å². The lowest BCUT2D eigenvalue weighted by Crippen LogP contribution is -2.63. The zero-order valence-electron chi connectivity index (χ0n) is 71.4. The highest BCUT2D eigenvalue weighted by Crippen LogP contribution is 2.59. The normalized spacial score (nSPS) is 18.4. The Hall–Kier alpha value is -21.1. The van der Waals surface area contributed by atoms with E-state index < -0.39 is 425 Å². The number of esters is 10. The van der Waals surface area contributed by atoms with Crippen molar-refractivity contribution in [3.05, 3.63) is 158 Å². The van der Waals surface area contributed by atoms with Gasteiger partial charge in [-0.05, 0) is 78.9 Å². The van der Waals surface area contributed by atoms with Crippen LogP contribution in [0.2, 0.25) is 0 Å². The summed E-state index contributed by atoms with van der Waals surface area (Å²) in [5, 5.41) is 349. The Kier molecular flexibility index (Phi) is 25.4. The second-order valence-corrected chi connectivity index (χ2v) is 31.1. The monoisotopic (exact) mass is 2040 g/mol. The van der Waals surface area contributed by atoms with E-state index in [4.69, 9.17) is 66.3 Å². The van der Waals surface area contributed by atoms with Crippen molar-refractivity contribution in [2.75, 3.05) is 13.2 Å². The lowest BCUT2D eigenvalue weighted by Gasteiger charge is -2.43. The molecule has 0 amide bonds. The number of benzene rings is 11. The minimum Gasteiger partial charge on any atom is -0.504 e. The van der Waals surface area contributed by atoms with Crippen molar-refractivity contribution in [3.8, 4) is 223 Å². The molecule has 10 unspecified atom stereocenters. The molecule has 57 heteroatoms. The van der Waals surface area contributed by atoms with Gasteiger partial charge in [0.15, 0.2) is 174 Å². The molecule has 0 radical (unpaired) electrons. The smallest absolute Gasteiger partial charge is 0.344 e. The number of fused-ring (bicyclic) bond motifs is 8. The van der Waals surface area contributed by atoms with Crippen molar-refractivity contribution in [2.24, 2.45) is 0 Å². The first-order valence-electron chi connectivity index (χ1n) is 40.1. The van der Waals surface area contributed by atoms with Crippen LogP contribution in [-0.4, -0.2) is 304 Å². The van der Waals surface area contributed by atoms with Crippen LogP contribution in [0.15, 0.2) is 97.1 Å². The van der Waals surface area contributed by atoms with Gasteiger partial charge in [0.25, 0.3) is 0 Å². The van der Waals surface area contributed by atoms with Crippen LogP contribution in [0.25, 0.3) is 22.3 Å². The molecule has 32 N–H and O–H groups in total. The van der Waals surface area contributed by atoms with Gasteiger partial charge in [-0.1, -0.05) is 0 Å². The Bertz CT molecular complexity index is 7410. The van der Waals surface area contributed by atoms with Crippen LogP contribution < -0.4 is 9.47 Å². The van der Waals surface area contributed by atoms with E-state index in [-0.39, 0.29) is 42.5 Å². The number of hydrogen-bond donors (Lipinski definition) is 32. The Morgan fingerprint density at radius 2 is 0.521 bits per heavy atom. The van der Waals surface area contributed by atoms with Gasteiger partial charge in [-0.2, -0.15) is 0 Å². The van der Waals surface area contributed by atoms with Gasteiger partial charge in [-0.15, -0.1) is 0 Å². The summed E-state index contributed by atoms with van der Waals surface area (Å²) in [7, 11) is 0. The molecule has 0 bridgehead atoms. The number of carboxylic acids is 1. The van der Waals surface area contributed by atoms with Gasteiger partial charge in [0, 0.05) is 40.5 Å². The molecule has 760 valence electrons. The first kappa shape index (κ1) is 99.4. The van der Waals surface area contributed by atoms with Crippen LogP contribution in [0.3, 0.4) is 0 Å². The molecule has 0 aliphatic carbocycles. The number of phenols is 31. The second-order valence-electron chi connectivity index (χ2n) is 31.1. The summed E-state index contributed by atoms with van der Waals surface area (Å²) in [6.45, 7) is -3.32. The lowest BCUT2D eigenvalue weighted by molar-refractivity contribution is -0.282. The Morgan fingerprint density at radius 1 is 0.247 bits per heavy atom. The first-order valence-corrected chi connectivity index (χ1v) is 40.1. The predicted molar refractivity (Wildman–Crippen MR) is 452 cm³/mol. The molecule has 57 nitrogen and oxygen atoms in total. The summed E-state index contributed by atoms with van der Waals surface area (Å²) < 4.78 is 80.1. The van der Waals surface area contributed by atoms with Crippen LogP contribution in [0.1, 0.15) is 114 Å². The van der Waals surface area contributed by atoms with Crippen molar-refractivity contribution in [1.82, 2.24) is 0 Å². The molecule has 0 spiro atoms. The third-order valence-corrected chi connectivity index (χ3v) is 22.0. The number of carbonyl (C=O) groups excluding carboxylic acids is 10.